The van der Waals surface area contributed by atoms with Gasteiger partial charge in [-0.25, -0.2) is 4.98 Å². The van der Waals surface area contributed by atoms with E-state index < -0.39 is 0 Å². The van der Waals surface area contributed by atoms with Gasteiger partial charge in [0.05, 0.1) is 5.69 Å². The molecule has 6 heteroatoms. The molecule has 0 atom stereocenters. The fourth-order valence-corrected chi connectivity index (χ4v) is 2.76. The van der Waals surface area contributed by atoms with E-state index in [0.29, 0.717) is 6.54 Å². The molecule has 2 N–H and O–H groups in total. The van der Waals surface area contributed by atoms with E-state index >= 15 is 0 Å². The summed E-state index contributed by atoms with van der Waals surface area (Å²) in [5, 5.41) is 0. The smallest absolute Gasteiger partial charge is 0.174 e. The van der Waals surface area contributed by atoms with Crippen molar-refractivity contribution in [2.45, 2.75) is 29.1 Å². The van der Waals surface area contributed by atoms with E-state index in [1.54, 1.807) is 11.8 Å². The second kappa shape index (κ2) is 5.38. The number of aryl methyl sites for hydroxylation is 1. The fraction of sp³-hybridized carbons (Fsp3) is 0.300. The number of nitrogens with zero attached hydrogens (tertiary/aromatic N) is 3. The summed E-state index contributed by atoms with van der Waals surface area (Å²) in [6.07, 6.45) is 2.70. The van der Waals surface area contributed by atoms with E-state index in [9.17, 15) is 0 Å². The van der Waals surface area contributed by atoms with Crippen molar-refractivity contribution in [1.29, 1.82) is 0 Å². The molecule has 0 radical (unpaired) electrons. The Balaban J connectivity index is 2.08. The van der Waals surface area contributed by atoms with Gasteiger partial charge in [-0.05, 0) is 23.7 Å². The molecule has 0 unspecified atom stereocenters. The molecule has 2 aromatic rings. The first kappa shape index (κ1) is 11.5. The first-order valence-electron chi connectivity index (χ1n) is 4.97. The summed E-state index contributed by atoms with van der Waals surface area (Å²) in [5.74, 6) is 0.902. The van der Waals surface area contributed by atoms with Crippen molar-refractivity contribution in [1.82, 2.24) is 14.3 Å². The Bertz CT molecular complexity index is 452. The summed E-state index contributed by atoms with van der Waals surface area (Å²) in [5.41, 5.74) is 6.38. The molecule has 0 fully saturated rings. The van der Waals surface area contributed by atoms with Gasteiger partial charge in [0.15, 0.2) is 4.34 Å². The van der Waals surface area contributed by atoms with Gasteiger partial charge in [-0.3, -0.25) is 4.98 Å². The van der Waals surface area contributed by atoms with Gasteiger partial charge in [0.1, 0.15) is 5.82 Å². The van der Waals surface area contributed by atoms with E-state index in [1.807, 2.05) is 25.3 Å². The van der Waals surface area contributed by atoms with Crippen LogP contribution in [0.1, 0.15) is 18.4 Å². The van der Waals surface area contributed by atoms with E-state index in [-0.39, 0.29) is 0 Å². The predicted molar refractivity (Wildman–Crippen MR) is 65.5 cm³/mol. The zero-order chi connectivity index (χ0) is 11.4. The Morgan fingerprint density at radius 2 is 2.31 bits per heavy atom. The SMILES string of the molecule is CCc1nsc(Sc2ccc(CN)nc2)n1. The Morgan fingerprint density at radius 3 is 2.88 bits per heavy atom. The molecule has 0 aliphatic heterocycles. The van der Waals surface area contributed by atoms with Crippen LogP contribution in [0.3, 0.4) is 0 Å². The maximum absolute atomic E-state index is 5.48. The zero-order valence-corrected chi connectivity index (χ0v) is 10.5. The molecule has 0 bridgehead atoms. The van der Waals surface area contributed by atoms with Crippen molar-refractivity contribution >= 4 is 23.3 Å². The quantitative estimate of drug-likeness (QED) is 0.902. The van der Waals surface area contributed by atoms with Crippen molar-refractivity contribution in [2.24, 2.45) is 5.73 Å². The zero-order valence-electron chi connectivity index (χ0n) is 8.88. The molecule has 2 rings (SSSR count). The van der Waals surface area contributed by atoms with E-state index in [0.717, 1.165) is 27.2 Å². The lowest BCUT2D eigenvalue weighted by Gasteiger charge is -1.98. The summed E-state index contributed by atoms with van der Waals surface area (Å²) < 4.78 is 5.19. The summed E-state index contributed by atoms with van der Waals surface area (Å²) in [4.78, 5) is 9.68. The van der Waals surface area contributed by atoms with Crippen LogP contribution in [0.15, 0.2) is 27.6 Å². The van der Waals surface area contributed by atoms with E-state index in [1.165, 1.54) is 11.5 Å². The third-order valence-corrected chi connectivity index (χ3v) is 3.74. The lowest BCUT2D eigenvalue weighted by Crippen LogP contribution is -1.98. The average molecular weight is 252 g/mol. The maximum Gasteiger partial charge on any atom is 0.174 e. The summed E-state index contributed by atoms with van der Waals surface area (Å²) in [6, 6.07) is 3.94. The minimum atomic E-state index is 0.476. The number of pyridine rings is 1. The van der Waals surface area contributed by atoms with Gasteiger partial charge < -0.3 is 5.73 Å². The molecule has 0 amide bonds. The molecular formula is C10H12N4S2. The first-order valence-corrected chi connectivity index (χ1v) is 6.56. The highest BCUT2D eigenvalue weighted by Crippen LogP contribution is 2.28. The molecule has 2 aromatic heterocycles. The summed E-state index contributed by atoms with van der Waals surface area (Å²) >= 11 is 3.01. The fourth-order valence-electron chi connectivity index (χ4n) is 1.12. The highest BCUT2D eigenvalue weighted by molar-refractivity contribution is 8.01. The van der Waals surface area contributed by atoms with Gasteiger partial charge in [0.25, 0.3) is 0 Å². The van der Waals surface area contributed by atoms with Crippen molar-refractivity contribution in [3.05, 3.63) is 29.8 Å². The van der Waals surface area contributed by atoms with Crippen LogP contribution in [-0.2, 0) is 13.0 Å². The minimum absolute atomic E-state index is 0.476. The molecule has 2 heterocycles. The average Bonchev–Trinajstić information content (AvgIpc) is 2.78. The maximum atomic E-state index is 5.48. The molecule has 0 saturated carbocycles. The van der Waals surface area contributed by atoms with Crippen LogP contribution in [0.2, 0.25) is 0 Å². The van der Waals surface area contributed by atoms with Crippen molar-refractivity contribution in [2.75, 3.05) is 0 Å². The van der Waals surface area contributed by atoms with Gasteiger partial charge in [-0.1, -0.05) is 18.7 Å². The Kier molecular flexibility index (Phi) is 3.87. The van der Waals surface area contributed by atoms with Crippen molar-refractivity contribution in [3.63, 3.8) is 0 Å². The van der Waals surface area contributed by atoms with Crippen LogP contribution in [0, 0.1) is 0 Å². The minimum Gasteiger partial charge on any atom is -0.325 e. The molecule has 16 heavy (non-hydrogen) atoms. The van der Waals surface area contributed by atoms with Gasteiger partial charge in [0, 0.05) is 24.1 Å². The third-order valence-electron chi connectivity index (χ3n) is 1.98. The van der Waals surface area contributed by atoms with Crippen LogP contribution in [0.4, 0.5) is 0 Å². The molecule has 0 aliphatic carbocycles. The number of hydrogen-bond acceptors (Lipinski definition) is 6. The van der Waals surface area contributed by atoms with Crippen LogP contribution in [0.25, 0.3) is 0 Å². The summed E-state index contributed by atoms with van der Waals surface area (Å²) in [6.45, 7) is 2.53. The largest absolute Gasteiger partial charge is 0.325 e. The first-order chi connectivity index (χ1) is 7.81. The van der Waals surface area contributed by atoms with Gasteiger partial charge in [-0.2, -0.15) is 4.37 Å². The number of aromatic nitrogens is 3. The monoisotopic (exact) mass is 252 g/mol. The lowest BCUT2D eigenvalue weighted by molar-refractivity contribution is 0.967. The van der Waals surface area contributed by atoms with Crippen LogP contribution < -0.4 is 5.73 Å². The van der Waals surface area contributed by atoms with Crippen LogP contribution in [0.5, 0.6) is 0 Å². The highest BCUT2D eigenvalue weighted by atomic mass is 32.2. The van der Waals surface area contributed by atoms with Crippen LogP contribution in [-0.4, -0.2) is 14.3 Å². The third kappa shape index (κ3) is 2.78. The second-order valence-corrected chi connectivity index (χ2v) is 5.19. The van der Waals surface area contributed by atoms with Crippen molar-refractivity contribution < 1.29 is 0 Å². The number of nitrogens with two attached hydrogens (primary N) is 1. The highest BCUT2D eigenvalue weighted by Gasteiger charge is 2.04. The van der Waals surface area contributed by atoms with Gasteiger partial charge >= 0.3 is 0 Å². The molecule has 4 nitrogen and oxygen atoms in total. The summed E-state index contributed by atoms with van der Waals surface area (Å²) in [7, 11) is 0. The van der Waals surface area contributed by atoms with E-state index in [2.05, 4.69) is 14.3 Å². The predicted octanol–water partition coefficient (Wildman–Crippen LogP) is 2.11. The normalized spacial score (nSPS) is 10.6. The van der Waals surface area contributed by atoms with Crippen molar-refractivity contribution in [3.8, 4) is 0 Å². The molecule has 0 spiro atoms. The Hall–Kier alpha value is -0.980. The molecule has 0 saturated heterocycles. The Labute approximate surface area is 102 Å². The van der Waals surface area contributed by atoms with Crippen LogP contribution >= 0.6 is 23.3 Å². The number of rotatable bonds is 4. The molecule has 84 valence electrons. The second-order valence-electron chi connectivity index (χ2n) is 3.12. The number of hydrogen-bond donors (Lipinski definition) is 1. The Morgan fingerprint density at radius 1 is 1.44 bits per heavy atom. The van der Waals surface area contributed by atoms with Gasteiger partial charge in [-0.15, -0.1) is 0 Å². The molecule has 0 aromatic carbocycles. The molecular weight excluding hydrogens is 240 g/mol. The van der Waals surface area contributed by atoms with Gasteiger partial charge in [0.2, 0.25) is 0 Å². The lowest BCUT2D eigenvalue weighted by atomic mass is 10.4. The van der Waals surface area contributed by atoms with E-state index in [4.69, 9.17) is 5.73 Å². The molecule has 0 aliphatic rings. The standard InChI is InChI=1S/C10H12N4S2/c1-2-9-13-10(16-14-9)15-8-4-3-7(5-11)12-6-8/h3-4,6H,2,5,11H2,1H3. The topological polar surface area (TPSA) is 64.7 Å².